The van der Waals surface area contributed by atoms with Crippen LogP contribution in [-0.2, 0) is 10.3 Å². The van der Waals surface area contributed by atoms with Crippen molar-refractivity contribution in [1.29, 1.82) is 0 Å². The largest absolute Gasteiger partial charge is 0.367 e. The molecule has 0 unspecified atom stereocenters. The topological polar surface area (TPSA) is 35.0 Å². The highest BCUT2D eigenvalue weighted by molar-refractivity contribution is 6.30. The zero-order valence-electron chi connectivity index (χ0n) is 12.3. The van der Waals surface area contributed by atoms with E-state index in [4.69, 9.17) is 16.3 Å². The van der Waals surface area contributed by atoms with E-state index in [1.165, 1.54) is 0 Å². The second kappa shape index (κ2) is 5.76. The van der Waals surface area contributed by atoms with E-state index in [-0.39, 0.29) is 5.60 Å². The summed E-state index contributed by atoms with van der Waals surface area (Å²) in [5, 5.41) is 0.556. The molecule has 0 aliphatic heterocycles. The molecule has 3 nitrogen and oxygen atoms in total. The first-order valence-corrected chi connectivity index (χ1v) is 7.51. The number of nitrogens with zero attached hydrogens (tertiary/aromatic N) is 2. The van der Waals surface area contributed by atoms with Gasteiger partial charge in [-0.3, -0.25) is 0 Å². The summed E-state index contributed by atoms with van der Waals surface area (Å²) < 4.78 is 6.07. The third-order valence-corrected chi connectivity index (χ3v) is 4.61. The molecule has 19 heavy (non-hydrogen) atoms. The predicted molar refractivity (Wildman–Crippen MR) is 77.5 cm³/mol. The Hall–Kier alpha value is -0.670. The monoisotopic (exact) mass is 282 g/mol. The third-order valence-electron chi connectivity index (χ3n) is 4.24. The molecular formula is C15H23ClN2O. The summed E-state index contributed by atoms with van der Waals surface area (Å²) in [5.41, 5.74) is 1.58. The van der Waals surface area contributed by atoms with Crippen LogP contribution in [0.4, 0.5) is 0 Å². The van der Waals surface area contributed by atoms with Crippen molar-refractivity contribution in [2.75, 3.05) is 6.61 Å². The van der Waals surface area contributed by atoms with Gasteiger partial charge in [-0.1, -0.05) is 18.5 Å². The van der Waals surface area contributed by atoms with E-state index in [9.17, 15) is 0 Å². The normalized spacial score (nSPS) is 27.5. The molecule has 1 aliphatic carbocycles. The van der Waals surface area contributed by atoms with Crippen LogP contribution in [0.3, 0.4) is 0 Å². The fourth-order valence-corrected chi connectivity index (χ4v) is 2.95. The van der Waals surface area contributed by atoms with Crippen LogP contribution in [0.25, 0.3) is 0 Å². The number of aromatic nitrogens is 2. The van der Waals surface area contributed by atoms with Crippen LogP contribution in [0.5, 0.6) is 0 Å². The Morgan fingerprint density at radius 2 is 1.89 bits per heavy atom. The van der Waals surface area contributed by atoms with Gasteiger partial charge in [0.25, 0.3) is 0 Å². The molecule has 106 valence electrons. The maximum Gasteiger partial charge on any atom is 0.162 e. The quantitative estimate of drug-likeness (QED) is 0.780. The molecule has 1 aliphatic rings. The second-order valence-corrected chi connectivity index (χ2v) is 6.02. The van der Waals surface area contributed by atoms with Gasteiger partial charge in [0.1, 0.15) is 10.8 Å². The molecule has 1 saturated carbocycles. The van der Waals surface area contributed by atoms with E-state index >= 15 is 0 Å². The van der Waals surface area contributed by atoms with E-state index in [1.807, 2.05) is 20.8 Å². The van der Waals surface area contributed by atoms with Crippen molar-refractivity contribution in [3.63, 3.8) is 0 Å². The Balaban J connectivity index is 2.39. The highest BCUT2D eigenvalue weighted by atomic mass is 35.5. The van der Waals surface area contributed by atoms with E-state index < -0.39 is 0 Å². The minimum atomic E-state index is -0.330. The van der Waals surface area contributed by atoms with Crippen molar-refractivity contribution < 1.29 is 4.74 Å². The number of rotatable bonds is 3. The third kappa shape index (κ3) is 2.92. The lowest BCUT2D eigenvalue weighted by atomic mass is 9.78. The molecule has 0 aromatic carbocycles. The molecule has 1 aromatic rings. The van der Waals surface area contributed by atoms with Gasteiger partial charge in [-0.15, -0.1) is 0 Å². The molecule has 4 heteroatoms. The number of ether oxygens (including phenoxy) is 1. The van der Waals surface area contributed by atoms with Crippen LogP contribution in [0, 0.1) is 19.8 Å². The second-order valence-electron chi connectivity index (χ2n) is 5.66. The van der Waals surface area contributed by atoms with Gasteiger partial charge >= 0.3 is 0 Å². The van der Waals surface area contributed by atoms with Crippen molar-refractivity contribution >= 4 is 11.6 Å². The first kappa shape index (κ1) is 14.7. The van der Waals surface area contributed by atoms with Gasteiger partial charge in [-0.05, 0) is 52.4 Å². The van der Waals surface area contributed by atoms with Gasteiger partial charge in [0, 0.05) is 17.9 Å². The zero-order chi connectivity index (χ0) is 14.0. The van der Waals surface area contributed by atoms with Crippen LogP contribution in [0.15, 0.2) is 0 Å². The molecular weight excluding hydrogens is 260 g/mol. The number of hydrogen-bond donors (Lipinski definition) is 0. The van der Waals surface area contributed by atoms with Gasteiger partial charge in [-0.25, -0.2) is 9.97 Å². The molecule has 0 amide bonds. The van der Waals surface area contributed by atoms with Crippen molar-refractivity contribution in [2.45, 2.75) is 59.0 Å². The summed E-state index contributed by atoms with van der Waals surface area (Å²) in [5.74, 6) is 1.53. The van der Waals surface area contributed by atoms with Gasteiger partial charge in [0.15, 0.2) is 5.82 Å². The SMILES string of the molecule is CCOC1(c2nc(C)c(C)c(Cl)n2)CCC(C)CC1. The van der Waals surface area contributed by atoms with Crippen molar-refractivity contribution in [3.8, 4) is 0 Å². The van der Waals surface area contributed by atoms with Crippen LogP contribution in [0.1, 0.15) is 56.6 Å². The lowest BCUT2D eigenvalue weighted by Crippen LogP contribution is -2.36. The van der Waals surface area contributed by atoms with Crippen LogP contribution in [0.2, 0.25) is 5.15 Å². The highest BCUT2D eigenvalue weighted by Crippen LogP contribution is 2.41. The standard InChI is InChI=1S/C15H23ClN2O/c1-5-19-15(8-6-10(2)7-9-15)14-17-12(4)11(3)13(16)18-14/h10H,5-9H2,1-4H3. The first-order valence-electron chi connectivity index (χ1n) is 7.13. The summed E-state index contributed by atoms with van der Waals surface area (Å²) in [6.07, 6.45) is 4.30. The number of halogens is 1. The average Bonchev–Trinajstić information content (AvgIpc) is 2.38. The van der Waals surface area contributed by atoms with E-state index in [1.54, 1.807) is 0 Å². The molecule has 0 saturated heterocycles. The molecule has 2 rings (SSSR count). The van der Waals surface area contributed by atoms with Crippen LogP contribution in [-0.4, -0.2) is 16.6 Å². The number of hydrogen-bond acceptors (Lipinski definition) is 3. The van der Waals surface area contributed by atoms with Crippen molar-refractivity contribution in [3.05, 3.63) is 22.2 Å². The maximum atomic E-state index is 6.22. The Labute approximate surface area is 120 Å². The molecule has 0 atom stereocenters. The summed E-state index contributed by atoms with van der Waals surface area (Å²) in [7, 11) is 0. The Bertz CT molecular complexity index is 430. The van der Waals surface area contributed by atoms with Crippen LogP contribution < -0.4 is 0 Å². The van der Waals surface area contributed by atoms with Crippen molar-refractivity contribution in [1.82, 2.24) is 9.97 Å². The van der Waals surface area contributed by atoms with Gasteiger partial charge < -0.3 is 4.74 Å². The minimum absolute atomic E-state index is 0.330. The van der Waals surface area contributed by atoms with E-state index in [0.29, 0.717) is 11.8 Å². The predicted octanol–water partition coefficient (Wildman–Crippen LogP) is 4.19. The van der Waals surface area contributed by atoms with Gasteiger partial charge in [0.05, 0.1) is 0 Å². The summed E-state index contributed by atoms with van der Waals surface area (Å²) in [6.45, 7) is 8.95. The maximum absolute atomic E-state index is 6.22. The van der Waals surface area contributed by atoms with Gasteiger partial charge in [0.2, 0.25) is 0 Å². The summed E-state index contributed by atoms with van der Waals surface area (Å²) >= 11 is 6.22. The first-order chi connectivity index (χ1) is 8.98. The van der Waals surface area contributed by atoms with Crippen LogP contribution >= 0.6 is 11.6 Å². The van der Waals surface area contributed by atoms with E-state index in [0.717, 1.165) is 48.7 Å². The Morgan fingerprint density at radius 1 is 1.26 bits per heavy atom. The summed E-state index contributed by atoms with van der Waals surface area (Å²) in [4.78, 5) is 9.15. The number of aryl methyl sites for hydroxylation is 1. The average molecular weight is 283 g/mol. The molecule has 1 aromatic heterocycles. The lowest BCUT2D eigenvalue weighted by molar-refractivity contribution is -0.0838. The molecule has 1 heterocycles. The van der Waals surface area contributed by atoms with Crippen molar-refractivity contribution in [2.24, 2.45) is 5.92 Å². The summed E-state index contributed by atoms with van der Waals surface area (Å²) in [6, 6.07) is 0. The highest BCUT2D eigenvalue weighted by Gasteiger charge is 2.39. The fraction of sp³-hybridized carbons (Fsp3) is 0.733. The van der Waals surface area contributed by atoms with E-state index in [2.05, 4.69) is 16.9 Å². The molecule has 0 N–H and O–H groups in total. The zero-order valence-corrected chi connectivity index (χ0v) is 13.0. The lowest BCUT2D eigenvalue weighted by Gasteiger charge is -2.38. The molecule has 0 bridgehead atoms. The van der Waals surface area contributed by atoms with Gasteiger partial charge in [-0.2, -0.15) is 0 Å². The molecule has 1 fully saturated rings. The molecule has 0 radical (unpaired) electrons. The Kier molecular flexibility index (Phi) is 4.46. The Morgan fingerprint density at radius 3 is 2.42 bits per heavy atom. The smallest absolute Gasteiger partial charge is 0.162 e. The minimum Gasteiger partial charge on any atom is -0.367 e. The fourth-order valence-electron chi connectivity index (χ4n) is 2.73. The molecule has 0 spiro atoms.